The van der Waals surface area contributed by atoms with Gasteiger partial charge in [0.05, 0.1) is 26.2 Å². The molecule has 0 saturated carbocycles. The lowest BCUT2D eigenvalue weighted by atomic mass is 10.1. The molecule has 3 atom stereocenters. The number of rotatable bonds is 53. The van der Waals surface area contributed by atoms with Crippen molar-refractivity contribution in [2.45, 2.75) is 238 Å². The predicted molar refractivity (Wildman–Crippen MR) is 316 cm³/mol. The van der Waals surface area contributed by atoms with Gasteiger partial charge in [-0.3, -0.25) is 23.4 Å². The second-order valence-corrected chi connectivity index (χ2v) is 20.5. The number of phosphoric ester groups is 1. The average molecular weight is 1080 g/mol. The van der Waals surface area contributed by atoms with Crippen LogP contribution in [-0.4, -0.2) is 66.5 Å². The van der Waals surface area contributed by atoms with E-state index in [9.17, 15) is 28.9 Å². The summed E-state index contributed by atoms with van der Waals surface area (Å²) < 4.78 is 39.4. The Morgan fingerprint density at radius 2 is 0.737 bits per heavy atom. The van der Waals surface area contributed by atoms with Gasteiger partial charge in [-0.2, -0.15) is 0 Å². The minimum absolute atomic E-state index is 0.0633. The molecule has 0 amide bonds. The van der Waals surface area contributed by atoms with E-state index in [2.05, 4.69) is 118 Å². The minimum atomic E-state index is -4.79. The maximum atomic E-state index is 12.9. The Morgan fingerprint density at radius 1 is 0.395 bits per heavy atom. The normalized spacial score (nSPS) is 14.2. The standard InChI is InChI=1S/C64H105O11P/c1-4-7-10-13-16-19-22-25-28-29-30-31-34-37-40-43-46-49-52-55-64(68)75-61(57-71-62(66)53-50-47-44-41-38-35-32-26-23-20-17-14-11-8-5-2)59-73-76(69,70)72-58-60(56-65)74-63(67)54-51-48-45-42-39-36-33-27-24-21-18-15-12-9-6-3/h8-9,11-12,17-18,20-21,25-28,32-33,38-39,41-42,48,51,60-61,65H,4-7,10,13-16,19,22-24,29-31,34-37,40,43-47,49-50,52-59H2,1-3H3,(H,69,70)/b11-8-,12-9-,20-17-,21-18-,28-25-,32-26-,33-27-,41-38-,42-39-,51-48-. The van der Waals surface area contributed by atoms with Gasteiger partial charge in [0, 0.05) is 12.8 Å². The molecule has 0 heterocycles. The topological polar surface area (TPSA) is 155 Å². The molecule has 0 radical (unpaired) electrons. The van der Waals surface area contributed by atoms with Gasteiger partial charge in [0.1, 0.15) is 12.7 Å². The third-order valence-electron chi connectivity index (χ3n) is 11.9. The first kappa shape index (κ1) is 71.9. The summed E-state index contributed by atoms with van der Waals surface area (Å²) in [5, 5.41) is 9.80. The molecule has 0 aliphatic rings. The van der Waals surface area contributed by atoms with E-state index in [1.807, 2.05) is 18.2 Å². The smallest absolute Gasteiger partial charge is 0.462 e. The van der Waals surface area contributed by atoms with Crippen molar-refractivity contribution in [1.29, 1.82) is 0 Å². The first-order chi connectivity index (χ1) is 37.2. The molecule has 0 saturated heterocycles. The number of carbonyl (C=O) groups is 3. The monoisotopic (exact) mass is 1080 g/mol. The molecule has 76 heavy (non-hydrogen) atoms. The fourth-order valence-corrected chi connectivity index (χ4v) is 8.26. The van der Waals surface area contributed by atoms with Crippen molar-refractivity contribution in [3.05, 3.63) is 122 Å². The number of allylic oxidation sites excluding steroid dienone is 19. The van der Waals surface area contributed by atoms with Crippen molar-refractivity contribution in [3.63, 3.8) is 0 Å². The fraction of sp³-hybridized carbons (Fsp3) is 0.641. The summed E-state index contributed by atoms with van der Waals surface area (Å²) in [7, 11) is -4.79. The molecule has 432 valence electrons. The molecule has 12 heteroatoms. The zero-order chi connectivity index (χ0) is 55.5. The number of aliphatic hydroxyl groups excluding tert-OH is 1. The van der Waals surface area contributed by atoms with Crippen LogP contribution in [0.15, 0.2) is 122 Å². The van der Waals surface area contributed by atoms with Gasteiger partial charge in [0.2, 0.25) is 0 Å². The van der Waals surface area contributed by atoms with Crippen LogP contribution < -0.4 is 0 Å². The van der Waals surface area contributed by atoms with Gasteiger partial charge in [0.15, 0.2) is 6.10 Å². The highest BCUT2D eigenvalue weighted by atomic mass is 31.2. The number of carbonyl (C=O) groups excluding carboxylic acids is 3. The number of unbranched alkanes of at least 4 members (excludes halogenated alkanes) is 17. The van der Waals surface area contributed by atoms with Gasteiger partial charge in [-0.05, 0) is 109 Å². The second-order valence-electron chi connectivity index (χ2n) is 19.1. The lowest BCUT2D eigenvalue weighted by Gasteiger charge is -2.21. The first-order valence-electron chi connectivity index (χ1n) is 29.4. The summed E-state index contributed by atoms with van der Waals surface area (Å²) in [6.45, 7) is 4.25. The number of phosphoric acid groups is 1. The van der Waals surface area contributed by atoms with Crippen molar-refractivity contribution < 1.29 is 52.2 Å². The maximum absolute atomic E-state index is 12.9. The number of ether oxygens (including phenoxy) is 3. The molecule has 0 aliphatic carbocycles. The van der Waals surface area contributed by atoms with E-state index in [4.69, 9.17) is 23.3 Å². The summed E-state index contributed by atoms with van der Waals surface area (Å²) in [5.41, 5.74) is 0. The molecule has 0 aliphatic heterocycles. The molecule has 3 unspecified atom stereocenters. The van der Waals surface area contributed by atoms with E-state index < -0.39 is 57.8 Å². The van der Waals surface area contributed by atoms with E-state index in [1.54, 1.807) is 6.08 Å². The Bertz CT molecular complexity index is 1740. The van der Waals surface area contributed by atoms with Gasteiger partial charge in [0.25, 0.3) is 0 Å². The molecule has 11 nitrogen and oxygen atoms in total. The maximum Gasteiger partial charge on any atom is 0.472 e. The van der Waals surface area contributed by atoms with E-state index in [0.717, 1.165) is 83.5 Å². The lowest BCUT2D eigenvalue weighted by Crippen LogP contribution is -2.30. The second kappa shape index (κ2) is 57.1. The molecule has 2 N–H and O–H groups in total. The van der Waals surface area contributed by atoms with E-state index in [0.29, 0.717) is 19.3 Å². The largest absolute Gasteiger partial charge is 0.472 e. The van der Waals surface area contributed by atoms with Crippen LogP contribution in [-0.2, 0) is 42.2 Å². The summed E-state index contributed by atoms with van der Waals surface area (Å²) in [5.74, 6) is -1.66. The van der Waals surface area contributed by atoms with Crippen LogP contribution in [0.25, 0.3) is 0 Å². The summed E-state index contributed by atoms with van der Waals surface area (Å²) in [6, 6.07) is 0. The van der Waals surface area contributed by atoms with Crippen LogP contribution in [0.5, 0.6) is 0 Å². The minimum Gasteiger partial charge on any atom is -0.462 e. The van der Waals surface area contributed by atoms with Gasteiger partial charge >= 0.3 is 25.7 Å². The van der Waals surface area contributed by atoms with Crippen LogP contribution >= 0.6 is 7.82 Å². The van der Waals surface area contributed by atoms with Crippen molar-refractivity contribution in [1.82, 2.24) is 0 Å². The number of hydrogen-bond acceptors (Lipinski definition) is 10. The van der Waals surface area contributed by atoms with Crippen LogP contribution in [0, 0.1) is 0 Å². The summed E-state index contributed by atoms with van der Waals surface area (Å²) >= 11 is 0. The molecule has 0 bridgehead atoms. The van der Waals surface area contributed by atoms with E-state index in [-0.39, 0.29) is 25.9 Å². The van der Waals surface area contributed by atoms with Crippen LogP contribution in [0.3, 0.4) is 0 Å². The molecule has 0 rings (SSSR count). The Balaban J connectivity index is 4.86. The van der Waals surface area contributed by atoms with Gasteiger partial charge in [-0.15, -0.1) is 0 Å². The zero-order valence-corrected chi connectivity index (χ0v) is 48.6. The third-order valence-corrected chi connectivity index (χ3v) is 12.8. The highest BCUT2D eigenvalue weighted by Gasteiger charge is 2.28. The van der Waals surface area contributed by atoms with E-state index >= 15 is 0 Å². The average Bonchev–Trinajstić information content (AvgIpc) is 3.41. The quantitative estimate of drug-likeness (QED) is 0.0197. The fourth-order valence-electron chi connectivity index (χ4n) is 7.48. The zero-order valence-electron chi connectivity index (χ0n) is 47.7. The third kappa shape index (κ3) is 54.7. The Labute approximate surface area is 462 Å². The molecule has 0 aromatic carbocycles. The molecule has 0 spiro atoms. The van der Waals surface area contributed by atoms with Crippen molar-refractivity contribution in [2.75, 3.05) is 26.4 Å². The lowest BCUT2D eigenvalue weighted by molar-refractivity contribution is -0.161. The molecular weight excluding hydrogens is 976 g/mol. The number of aliphatic hydroxyl groups is 1. The van der Waals surface area contributed by atoms with Gasteiger partial charge < -0.3 is 24.2 Å². The van der Waals surface area contributed by atoms with Crippen molar-refractivity contribution in [3.8, 4) is 0 Å². The highest BCUT2D eigenvalue weighted by Crippen LogP contribution is 2.43. The van der Waals surface area contributed by atoms with Gasteiger partial charge in [-0.1, -0.05) is 219 Å². The summed E-state index contributed by atoms with van der Waals surface area (Å²) in [4.78, 5) is 48.5. The first-order valence-corrected chi connectivity index (χ1v) is 30.9. The number of esters is 3. The molecule has 0 fully saturated rings. The molecule has 0 aromatic rings. The van der Waals surface area contributed by atoms with Gasteiger partial charge in [-0.25, -0.2) is 4.57 Å². The summed E-state index contributed by atoms with van der Waals surface area (Å²) in [6.07, 6.45) is 70.5. The molecular formula is C64H105O11P. The van der Waals surface area contributed by atoms with Crippen LogP contribution in [0.4, 0.5) is 0 Å². The number of hydrogen-bond donors (Lipinski definition) is 2. The Hall–Kier alpha value is -4.12. The Kier molecular flexibility index (Phi) is 54.0. The predicted octanol–water partition coefficient (Wildman–Crippen LogP) is 17.6. The SMILES string of the molecule is CC/C=C\C/C=C\C/C=C\C/C=C\C/C=C\CC(=O)OC(CO)COP(=O)(O)OCC(COC(=O)CCCC/C=C\C/C=C\C/C=C\C/C=C\CC)OC(=O)CCCCCCCCCCC/C=C\CCCCCCCC. The van der Waals surface area contributed by atoms with Crippen molar-refractivity contribution in [2.24, 2.45) is 0 Å². The van der Waals surface area contributed by atoms with Crippen LogP contribution in [0.2, 0.25) is 0 Å². The van der Waals surface area contributed by atoms with E-state index in [1.165, 1.54) is 83.5 Å². The molecule has 0 aromatic heterocycles. The van der Waals surface area contributed by atoms with Crippen LogP contribution in [0.1, 0.15) is 226 Å². The van der Waals surface area contributed by atoms with Crippen molar-refractivity contribution >= 4 is 25.7 Å². The Morgan fingerprint density at radius 3 is 1.20 bits per heavy atom. The highest BCUT2D eigenvalue weighted by molar-refractivity contribution is 7.47.